The minimum absolute atomic E-state index is 0.0434. The first-order valence-corrected chi connectivity index (χ1v) is 6.09. The van der Waals surface area contributed by atoms with E-state index in [2.05, 4.69) is 0 Å². The second-order valence-electron chi connectivity index (χ2n) is 5.55. The molecule has 0 radical (unpaired) electrons. The van der Waals surface area contributed by atoms with Crippen LogP contribution in [0.5, 0.6) is 5.75 Å². The second kappa shape index (κ2) is 5.87. The molecule has 0 bridgehead atoms. The second-order valence-corrected chi connectivity index (χ2v) is 5.55. The van der Waals surface area contributed by atoms with E-state index in [4.69, 9.17) is 16.2 Å². The number of nitrogens with two attached hydrogens (primary N) is 2. The van der Waals surface area contributed by atoms with E-state index in [-0.39, 0.29) is 11.2 Å². The molecule has 0 aromatic heterocycles. The van der Waals surface area contributed by atoms with E-state index in [1.807, 2.05) is 20.8 Å². The van der Waals surface area contributed by atoms with Crippen molar-refractivity contribution in [1.29, 1.82) is 0 Å². The molecule has 0 spiro atoms. The van der Waals surface area contributed by atoms with E-state index < -0.39 is 0 Å². The third-order valence-electron chi connectivity index (χ3n) is 2.37. The van der Waals surface area contributed by atoms with Crippen LogP contribution >= 0.6 is 0 Å². The first-order valence-electron chi connectivity index (χ1n) is 6.09. The molecule has 0 fully saturated rings. The maximum Gasteiger partial charge on any atom is 0.167 e. The van der Waals surface area contributed by atoms with E-state index in [0.29, 0.717) is 36.6 Å². The van der Waals surface area contributed by atoms with Crippen LogP contribution in [-0.2, 0) is 0 Å². The topological polar surface area (TPSA) is 78.3 Å². The average Bonchev–Trinajstić information content (AvgIpc) is 2.25. The molecule has 0 heterocycles. The van der Waals surface area contributed by atoms with Crippen molar-refractivity contribution in [3.05, 3.63) is 23.8 Å². The number of Topliss-reactive ketones (excluding diaryl/α,β-unsaturated/α-hetero) is 1. The molecule has 0 unspecified atom stereocenters. The number of rotatable bonds is 5. The van der Waals surface area contributed by atoms with E-state index in [1.165, 1.54) is 0 Å². The molecule has 0 atom stereocenters. The normalized spacial score (nSPS) is 11.3. The number of hydrogen-bond donors (Lipinski definition) is 2. The monoisotopic (exact) mass is 250 g/mol. The van der Waals surface area contributed by atoms with Gasteiger partial charge < -0.3 is 16.2 Å². The van der Waals surface area contributed by atoms with Crippen LogP contribution in [0.3, 0.4) is 0 Å². The van der Waals surface area contributed by atoms with Gasteiger partial charge in [0.15, 0.2) is 5.78 Å². The molecular formula is C14H22N2O2. The maximum atomic E-state index is 12.2. The largest absolute Gasteiger partial charge is 0.492 e. The highest BCUT2D eigenvalue weighted by Gasteiger charge is 2.20. The van der Waals surface area contributed by atoms with Crippen LogP contribution in [0.1, 0.15) is 37.6 Å². The standard InChI is InChI=1S/C14H22N2O2/c1-14(2,3)9-12(17)11-8-10(16)4-5-13(11)18-7-6-15/h4-5,8H,6-7,9,15-16H2,1-3H3. The summed E-state index contributed by atoms with van der Waals surface area (Å²) in [7, 11) is 0. The van der Waals surface area contributed by atoms with Crippen LogP contribution in [0.2, 0.25) is 0 Å². The van der Waals surface area contributed by atoms with Crippen LogP contribution in [0.25, 0.3) is 0 Å². The minimum atomic E-state index is -0.0627. The Labute approximate surface area is 108 Å². The van der Waals surface area contributed by atoms with Gasteiger partial charge in [-0.2, -0.15) is 0 Å². The summed E-state index contributed by atoms with van der Waals surface area (Å²) in [5, 5.41) is 0. The summed E-state index contributed by atoms with van der Waals surface area (Å²) in [5.41, 5.74) is 12.2. The molecule has 0 aliphatic rings. The molecule has 0 aliphatic carbocycles. The van der Waals surface area contributed by atoms with Crippen molar-refractivity contribution in [3.63, 3.8) is 0 Å². The van der Waals surface area contributed by atoms with Gasteiger partial charge in [-0.15, -0.1) is 0 Å². The lowest BCUT2D eigenvalue weighted by molar-refractivity contribution is 0.0936. The van der Waals surface area contributed by atoms with E-state index in [0.717, 1.165) is 0 Å². The van der Waals surface area contributed by atoms with Crippen molar-refractivity contribution in [1.82, 2.24) is 0 Å². The summed E-state index contributed by atoms with van der Waals surface area (Å²) in [6.45, 7) is 6.88. The number of nitrogen functional groups attached to an aromatic ring is 1. The number of hydrogen-bond acceptors (Lipinski definition) is 4. The highest BCUT2D eigenvalue weighted by atomic mass is 16.5. The summed E-state index contributed by atoms with van der Waals surface area (Å²) in [6, 6.07) is 5.11. The number of carbonyl (C=O) groups excluding carboxylic acids is 1. The SMILES string of the molecule is CC(C)(C)CC(=O)c1cc(N)ccc1OCCN. The third kappa shape index (κ3) is 4.37. The average molecular weight is 250 g/mol. The zero-order valence-corrected chi connectivity index (χ0v) is 11.3. The first kappa shape index (κ1) is 14.5. The van der Waals surface area contributed by atoms with Crippen molar-refractivity contribution in [2.75, 3.05) is 18.9 Å². The maximum absolute atomic E-state index is 12.2. The van der Waals surface area contributed by atoms with Gasteiger partial charge in [-0.05, 0) is 23.6 Å². The zero-order chi connectivity index (χ0) is 13.8. The molecule has 0 aliphatic heterocycles. The summed E-state index contributed by atoms with van der Waals surface area (Å²) in [4.78, 5) is 12.2. The summed E-state index contributed by atoms with van der Waals surface area (Å²) in [6.07, 6.45) is 0.454. The molecule has 4 N–H and O–H groups in total. The molecule has 0 saturated heterocycles. The molecule has 1 aromatic carbocycles. The molecule has 1 rings (SSSR count). The van der Waals surface area contributed by atoms with Crippen molar-refractivity contribution in [3.8, 4) is 5.75 Å². The fourth-order valence-electron chi connectivity index (χ4n) is 1.64. The molecule has 100 valence electrons. The lowest BCUT2D eigenvalue weighted by Gasteiger charge is -2.18. The third-order valence-corrected chi connectivity index (χ3v) is 2.37. The number of benzene rings is 1. The van der Waals surface area contributed by atoms with Crippen molar-refractivity contribution >= 4 is 11.5 Å². The van der Waals surface area contributed by atoms with Gasteiger partial charge in [-0.1, -0.05) is 20.8 Å². The molecule has 0 amide bonds. The molecule has 4 nitrogen and oxygen atoms in total. The Kier molecular flexibility index (Phi) is 4.73. The quantitative estimate of drug-likeness (QED) is 0.620. The van der Waals surface area contributed by atoms with E-state index in [1.54, 1.807) is 18.2 Å². The van der Waals surface area contributed by atoms with Gasteiger partial charge in [0, 0.05) is 18.7 Å². The predicted molar refractivity (Wildman–Crippen MR) is 73.8 cm³/mol. The molecular weight excluding hydrogens is 228 g/mol. The fraction of sp³-hybridized carbons (Fsp3) is 0.500. The Balaban J connectivity index is 2.97. The number of ketones is 1. The Morgan fingerprint density at radius 3 is 2.56 bits per heavy atom. The number of anilines is 1. The molecule has 18 heavy (non-hydrogen) atoms. The minimum Gasteiger partial charge on any atom is -0.492 e. The van der Waals surface area contributed by atoms with Crippen molar-refractivity contribution in [2.45, 2.75) is 27.2 Å². The summed E-state index contributed by atoms with van der Waals surface area (Å²) >= 11 is 0. The van der Waals surface area contributed by atoms with Gasteiger partial charge in [0.2, 0.25) is 0 Å². The Hall–Kier alpha value is -1.55. The van der Waals surface area contributed by atoms with Gasteiger partial charge in [0.05, 0.1) is 5.56 Å². The van der Waals surface area contributed by atoms with Crippen LogP contribution in [0.4, 0.5) is 5.69 Å². The summed E-state index contributed by atoms with van der Waals surface area (Å²) < 4.78 is 5.48. The Bertz CT molecular complexity index is 422. The van der Waals surface area contributed by atoms with Gasteiger partial charge in [-0.25, -0.2) is 0 Å². The van der Waals surface area contributed by atoms with Crippen LogP contribution in [-0.4, -0.2) is 18.9 Å². The molecule has 1 aromatic rings. The zero-order valence-electron chi connectivity index (χ0n) is 11.3. The smallest absolute Gasteiger partial charge is 0.167 e. The van der Waals surface area contributed by atoms with Crippen molar-refractivity contribution in [2.24, 2.45) is 11.1 Å². The number of carbonyl (C=O) groups is 1. The summed E-state index contributed by atoms with van der Waals surface area (Å²) in [5.74, 6) is 0.603. The van der Waals surface area contributed by atoms with E-state index >= 15 is 0 Å². The van der Waals surface area contributed by atoms with Crippen LogP contribution in [0, 0.1) is 5.41 Å². The Morgan fingerprint density at radius 2 is 2.00 bits per heavy atom. The van der Waals surface area contributed by atoms with E-state index in [9.17, 15) is 4.79 Å². The highest BCUT2D eigenvalue weighted by Crippen LogP contribution is 2.27. The Morgan fingerprint density at radius 1 is 1.33 bits per heavy atom. The fourth-order valence-corrected chi connectivity index (χ4v) is 1.64. The van der Waals surface area contributed by atoms with Gasteiger partial charge in [0.25, 0.3) is 0 Å². The van der Waals surface area contributed by atoms with Gasteiger partial charge >= 0.3 is 0 Å². The first-order chi connectivity index (χ1) is 8.33. The van der Waals surface area contributed by atoms with Crippen molar-refractivity contribution < 1.29 is 9.53 Å². The molecule has 0 saturated carbocycles. The lowest BCUT2D eigenvalue weighted by Crippen LogP contribution is -2.16. The number of ether oxygens (including phenoxy) is 1. The predicted octanol–water partition coefficient (Wildman–Crippen LogP) is 2.23. The van der Waals surface area contributed by atoms with Gasteiger partial charge in [-0.3, -0.25) is 4.79 Å². The van der Waals surface area contributed by atoms with Gasteiger partial charge in [0.1, 0.15) is 12.4 Å². The van der Waals surface area contributed by atoms with Crippen LogP contribution < -0.4 is 16.2 Å². The lowest BCUT2D eigenvalue weighted by atomic mass is 9.87. The highest BCUT2D eigenvalue weighted by molar-refractivity contribution is 5.99. The molecule has 4 heteroatoms. The van der Waals surface area contributed by atoms with Crippen LogP contribution in [0.15, 0.2) is 18.2 Å².